The minimum absolute atomic E-state index is 0.0308. The highest BCUT2D eigenvalue weighted by atomic mass is 16.5. The Bertz CT molecular complexity index is 484. The van der Waals surface area contributed by atoms with Gasteiger partial charge in [0.1, 0.15) is 0 Å². The molecular formula is C13H21N3O3. The lowest BCUT2D eigenvalue weighted by Crippen LogP contribution is -2.50. The van der Waals surface area contributed by atoms with Crippen molar-refractivity contribution < 1.29 is 14.6 Å². The van der Waals surface area contributed by atoms with E-state index in [0.717, 1.165) is 11.4 Å². The highest BCUT2D eigenvalue weighted by Gasteiger charge is 2.30. The molecule has 1 amide bonds. The number of nitrogens with zero attached hydrogens (tertiary/aromatic N) is 3. The van der Waals surface area contributed by atoms with Crippen molar-refractivity contribution >= 4 is 5.91 Å². The summed E-state index contributed by atoms with van der Waals surface area (Å²) < 4.78 is 7.27. The molecule has 0 bridgehead atoms. The van der Waals surface area contributed by atoms with Crippen molar-refractivity contribution in [1.29, 1.82) is 0 Å². The second kappa shape index (κ2) is 5.30. The number of rotatable bonds is 2. The summed E-state index contributed by atoms with van der Waals surface area (Å²) in [5, 5.41) is 13.5. The van der Waals surface area contributed by atoms with Crippen LogP contribution in [0.3, 0.4) is 0 Å². The number of aromatic nitrogens is 2. The summed E-state index contributed by atoms with van der Waals surface area (Å²) in [5.41, 5.74) is 2.26. The number of morpholine rings is 1. The first-order valence-electron chi connectivity index (χ1n) is 6.49. The van der Waals surface area contributed by atoms with Gasteiger partial charge in [0, 0.05) is 25.8 Å². The maximum absolute atomic E-state index is 12.6. The van der Waals surface area contributed by atoms with Crippen molar-refractivity contribution in [3.05, 3.63) is 17.0 Å². The first-order valence-corrected chi connectivity index (χ1v) is 6.49. The van der Waals surface area contributed by atoms with Crippen LogP contribution in [0.1, 0.15) is 28.7 Å². The Kier molecular flexibility index (Phi) is 3.91. The summed E-state index contributed by atoms with van der Waals surface area (Å²) in [6.45, 7) is 6.54. The van der Waals surface area contributed by atoms with Gasteiger partial charge >= 0.3 is 0 Å². The predicted molar refractivity (Wildman–Crippen MR) is 70.0 cm³/mol. The topological polar surface area (TPSA) is 67.6 Å². The van der Waals surface area contributed by atoms with E-state index in [0.29, 0.717) is 18.7 Å². The molecule has 19 heavy (non-hydrogen) atoms. The molecule has 0 saturated carbocycles. The zero-order valence-electron chi connectivity index (χ0n) is 11.9. The summed E-state index contributed by atoms with van der Waals surface area (Å²) >= 11 is 0. The molecule has 1 saturated heterocycles. The molecule has 2 rings (SSSR count). The molecular weight excluding hydrogens is 246 g/mol. The van der Waals surface area contributed by atoms with Crippen molar-refractivity contribution in [2.24, 2.45) is 7.05 Å². The third-order valence-corrected chi connectivity index (χ3v) is 3.54. The molecule has 1 aromatic heterocycles. The van der Waals surface area contributed by atoms with Crippen molar-refractivity contribution in [2.75, 3.05) is 19.7 Å². The number of aryl methyl sites for hydroxylation is 2. The molecule has 0 aromatic carbocycles. The van der Waals surface area contributed by atoms with E-state index in [1.54, 1.807) is 9.58 Å². The van der Waals surface area contributed by atoms with E-state index in [4.69, 9.17) is 4.74 Å². The zero-order valence-corrected chi connectivity index (χ0v) is 11.9. The molecule has 1 N–H and O–H groups in total. The number of amides is 1. The van der Waals surface area contributed by atoms with Crippen molar-refractivity contribution in [1.82, 2.24) is 14.7 Å². The van der Waals surface area contributed by atoms with Crippen LogP contribution in [0.25, 0.3) is 0 Å². The van der Waals surface area contributed by atoms with E-state index in [2.05, 4.69) is 5.10 Å². The van der Waals surface area contributed by atoms with Crippen LogP contribution in [0.5, 0.6) is 0 Å². The van der Waals surface area contributed by atoms with Gasteiger partial charge < -0.3 is 14.7 Å². The lowest BCUT2D eigenvalue weighted by atomic mass is 10.1. The Morgan fingerprint density at radius 2 is 2.16 bits per heavy atom. The number of carbonyl (C=O) groups is 1. The molecule has 1 fully saturated rings. The SMILES string of the molecule is Cc1nn(C)c(C)c1C(=O)N1CC(C)OC(CO)C1. The van der Waals surface area contributed by atoms with Crippen molar-refractivity contribution in [3.63, 3.8) is 0 Å². The van der Waals surface area contributed by atoms with Crippen molar-refractivity contribution in [2.45, 2.75) is 33.0 Å². The Balaban J connectivity index is 2.23. The molecule has 2 heterocycles. The van der Waals surface area contributed by atoms with E-state index in [-0.39, 0.29) is 24.7 Å². The lowest BCUT2D eigenvalue weighted by Gasteiger charge is -2.36. The summed E-state index contributed by atoms with van der Waals surface area (Å²) in [4.78, 5) is 14.3. The van der Waals surface area contributed by atoms with Gasteiger partial charge in [-0.25, -0.2) is 0 Å². The Labute approximate surface area is 113 Å². The standard InChI is InChI=1S/C13H21N3O3/c1-8-5-16(6-11(7-17)19-8)13(18)12-9(2)14-15(4)10(12)3/h8,11,17H,5-7H2,1-4H3. The van der Waals surface area contributed by atoms with Crippen LogP contribution in [0.15, 0.2) is 0 Å². The highest BCUT2D eigenvalue weighted by molar-refractivity contribution is 5.96. The van der Waals surface area contributed by atoms with Gasteiger partial charge in [-0.2, -0.15) is 5.10 Å². The number of ether oxygens (including phenoxy) is 1. The molecule has 6 nitrogen and oxygen atoms in total. The number of aliphatic hydroxyl groups is 1. The minimum Gasteiger partial charge on any atom is -0.394 e. The summed E-state index contributed by atoms with van der Waals surface area (Å²) in [6, 6.07) is 0. The van der Waals surface area contributed by atoms with E-state index < -0.39 is 0 Å². The Morgan fingerprint density at radius 1 is 1.47 bits per heavy atom. The van der Waals surface area contributed by atoms with Gasteiger partial charge in [0.2, 0.25) is 0 Å². The molecule has 2 unspecified atom stereocenters. The Morgan fingerprint density at radius 3 is 2.68 bits per heavy atom. The number of hydrogen-bond acceptors (Lipinski definition) is 4. The van der Waals surface area contributed by atoms with Crippen LogP contribution in [0, 0.1) is 13.8 Å². The lowest BCUT2D eigenvalue weighted by molar-refractivity contribution is -0.0858. The Hall–Kier alpha value is -1.40. The minimum atomic E-state index is -0.301. The number of carbonyl (C=O) groups excluding carboxylic acids is 1. The number of hydrogen-bond donors (Lipinski definition) is 1. The first-order chi connectivity index (χ1) is 8.93. The van der Waals surface area contributed by atoms with Crippen LogP contribution < -0.4 is 0 Å². The monoisotopic (exact) mass is 267 g/mol. The van der Waals surface area contributed by atoms with E-state index in [1.807, 2.05) is 27.8 Å². The zero-order chi connectivity index (χ0) is 14.2. The molecule has 6 heteroatoms. The van der Waals surface area contributed by atoms with Crippen LogP contribution in [0.2, 0.25) is 0 Å². The fourth-order valence-corrected chi connectivity index (χ4v) is 2.55. The van der Waals surface area contributed by atoms with Gasteiger partial charge in [0.25, 0.3) is 5.91 Å². The highest BCUT2D eigenvalue weighted by Crippen LogP contribution is 2.18. The molecule has 1 aliphatic heterocycles. The molecule has 0 aliphatic carbocycles. The van der Waals surface area contributed by atoms with E-state index in [9.17, 15) is 9.90 Å². The maximum atomic E-state index is 12.6. The van der Waals surface area contributed by atoms with Gasteiger partial charge in [-0.05, 0) is 20.8 Å². The smallest absolute Gasteiger partial charge is 0.257 e. The van der Waals surface area contributed by atoms with Gasteiger partial charge in [-0.1, -0.05) is 0 Å². The van der Waals surface area contributed by atoms with Gasteiger partial charge in [0.05, 0.1) is 30.1 Å². The fourth-order valence-electron chi connectivity index (χ4n) is 2.55. The third-order valence-electron chi connectivity index (χ3n) is 3.54. The summed E-state index contributed by atoms with van der Waals surface area (Å²) in [7, 11) is 1.83. The molecule has 0 radical (unpaired) electrons. The van der Waals surface area contributed by atoms with E-state index in [1.165, 1.54) is 0 Å². The van der Waals surface area contributed by atoms with E-state index >= 15 is 0 Å². The second-order valence-electron chi connectivity index (χ2n) is 5.13. The van der Waals surface area contributed by atoms with Gasteiger partial charge in [-0.3, -0.25) is 9.48 Å². The molecule has 1 aliphatic rings. The van der Waals surface area contributed by atoms with Crippen LogP contribution in [0.4, 0.5) is 0 Å². The normalized spacial score (nSPS) is 23.7. The van der Waals surface area contributed by atoms with Gasteiger partial charge in [-0.15, -0.1) is 0 Å². The summed E-state index contributed by atoms with van der Waals surface area (Å²) in [6.07, 6.45) is -0.364. The molecule has 2 atom stereocenters. The predicted octanol–water partition coefficient (Wildman–Crippen LogP) is 0.259. The maximum Gasteiger partial charge on any atom is 0.257 e. The average molecular weight is 267 g/mol. The first kappa shape index (κ1) is 14.0. The second-order valence-corrected chi connectivity index (χ2v) is 5.13. The van der Waals surface area contributed by atoms with Crippen molar-refractivity contribution in [3.8, 4) is 0 Å². The van der Waals surface area contributed by atoms with Gasteiger partial charge in [0.15, 0.2) is 0 Å². The fraction of sp³-hybridized carbons (Fsp3) is 0.692. The van der Waals surface area contributed by atoms with Crippen LogP contribution in [-0.2, 0) is 11.8 Å². The summed E-state index contributed by atoms with van der Waals surface area (Å²) in [5.74, 6) is -0.0308. The van der Waals surface area contributed by atoms with Crippen LogP contribution in [-0.4, -0.2) is 57.6 Å². The quantitative estimate of drug-likeness (QED) is 0.834. The molecule has 106 valence electrons. The molecule has 0 spiro atoms. The number of aliphatic hydroxyl groups excluding tert-OH is 1. The molecule has 1 aromatic rings. The largest absolute Gasteiger partial charge is 0.394 e. The van der Waals surface area contributed by atoms with Crippen LogP contribution >= 0.6 is 0 Å². The third kappa shape index (κ3) is 2.64. The average Bonchev–Trinajstić information content (AvgIpc) is 2.61.